The fraction of sp³-hybridized carbons (Fsp3) is 0. The zero-order chi connectivity index (χ0) is 17.2. The molecule has 0 fully saturated rings. The fourth-order valence-electron chi connectivity index (χ4n) is 2.43. The van der Waals surface area contributed by atoms with Crippen molar-refractivity contribution in [3.8, 4) is 10.6 Å². The Labute approximate surface area is 147 Å². The molecule has 4 aromatic rings. The number of halogens is 1. The number of carbonyl (C=O) groups is 1. The van der Waals surface area contributed by atoms with E-state index in [1.54, 1.807) is 12.3 Å². The number of nitrogens with zero attached hydrogens (tertiary/aromatic N) is 2. The summed E-state index contributed by atoms with van der Waals surface area (Å²) in [5.41, 5.74) is 2.80. The van der Waals surface area contributed by atoms with Crippen LogP contribution in [0.15, 0.2) is 66.9 Å². The first-order chi connectivity index (χ1) is 12.2. The van der Waals surface area contributed by atoms with Crippen molar-refractivity contribution >= 4 is 33.3 Å². The lowest BCUT2D eigenvalue weighted by Crippen LogP contribution is -2.11. The van der Waals surface area contributed by atoms with Gasteiger partial charge in [0.15, 0.2) is 0 Å². The second kappa shape index (κ2) is 6.41. The van der Waals surface area contributed by atoms with Gasteiger partial charge in [-0.2, -0.15) is 0 Å². The van der Waals surface area contributed by atoms with Gasteiger partial charge in [0.25, 0.3) is 5.91 Å². The maximum absolute atomic E-state index is 13.0. The van der Waals surface area contributed by atoms with Crippen LogP contribution in [0.2, 0.25) is 0 Å². The van der Waals surface area contributed by atoms with E-state index in [1.165, 1.54) is 35.6 Å². The smallest absolute Gasteiger partial charge is 0.255 e. The summed E-state index contributed by atoms with van der Waals surface area (Å²) in [6.45, 7) is 0. The molecule has 4 nitrogen and oxygen atoms in total. The summed E-state index contributed by atoms with van der Waals surface area (Å²) < 4.78 is 13.0. The Morgan fingerprint density at radius 3 is 2.68 bits per heavy atom. The summed E-state index contributed by atoms with van der Waals surface area (Å²) in [7, 11) is 0. The van der Waals surface area contributed by atoms with Crippen molar-refractivity contribution in [1.29, 1.82) is 0 Å². The number of thiazole rings is 1. The average Bonchev–Trinajstić information content (AvgIpc) is 3.07. The number of hydrogen-bond donors (Lipinski definition) is 1. The Morgan fingerprint density at radius 1 is 1.04 bits per heavy atom. The Bertz CT molecular complexity index is 1030. The highest BCUT2D eigenvalue weighted by Gasteiger charge is 2.10. The lowest BCUT2D eigenvalue weighted by atomic mass is 10.1. The molecule has 0 saturated heterocycles. The van der Waals surface area contributed by atoms with Crippen LogP contribution < -0.4 is 5.32 Å². The Kier molecular flexibility index (Phi) is 3.95. The van der Waals surface area contributed by atoms with Crippen LogP contribution in [0.25, 0.3) is 20.9 Å². The minimum atomic E-state index is -0.372. The van der Waals surface area contributed by atoms with Crippen LogP contribution in [0.3, 0.4) is 0 Å². The summed E-state index contributed by atoms with van der Waals surface area (Å²) in [5.74, 6) is -0.661. The van der Waals surface area contributed by atoms with Gasteiger partial charge in [0.05, 0.1) is 0 Å². The normalized spacial score (nSPS) is 10.8. The molecule has 0 aliphatic rings. The molecule has 1 amide bonds. The lowest BCUT2D eigenvalue weighted by molar-refractivity contribution is 0.102. The maximum atomic E-state index is 13.0. The van der Waals surface area contributed by atoms with Crippen molar-refractivity contribution in [3.63, 3.8) is 0 Å². The number of nitrogens with one attached hydrogen (secondary N) is 1. The van der Waals surface area contributed by atoms with E-state index in [2.05, 4.69) is 15.3 Å². The second-order valence-corrected chi connectivity index (χ2v) is 6.37. The van der Waals surface area contributed by atoms with Gasteiger partial charge in [-0.05, 0) is 48.5 Å². The highest BCUT2D eigenvalue weighted by molar-refractivity contribution is 7.21. The highest BCUT2D eigenvalue weighted by Crippen LogP contribution is 2.30. The van der Waals surface area contributed by atoms with Crippen molar-refractivity contribution in [2.24, 2.45) is 0 Å². The van der Waals surface area contributed by atoms with Gasteiger partial charge in [0.2, 0.25) is 0 Å². The molecule has 0 spiro atoms. The molecule has 0 atom stereocenters. The van der Waals surface area contributed by atoms with E-state index >= 15 is 0 Å². The fourth-order valence-corrected chi connectivity index (χ4v) is 3.33. The number of anilines is 1. The molecule has 0 radical (unpaired) electrons. The average molecular weight is 349 g/mol. The van der Waals surface area contributed by atoms with Gasteiger partial charge in [-0.3, -0.25) is 4.79 Å². The summed E-state index contributed by atoms with van der Waals surface area (Å²) >= 11 is 1.50. The van der Waals surface area contributed by atoms with E-state index in [0.29, 0.717) is 11.3 Å². The molecule has 6 heteroatoms. The molecule has 2 aromatic carbocycles. The Morgan fingerprint density at radius 2 is 1.88 bits per heavy atom. The highest BCUT2D eigenvalue weighted by atomic mass is 32.1. The molecule has 4 rings (SSSR count). The van der Waals surface area contributed by atoms with Crippen molar-refractivity contribution in [3.05, 3.63) is 78.2 Å². The van der Waals surface area contributed by atoms with E-state index < -0.39 is 0 Å². The number of fused-ring (bicyclic) bond motifs is 1. The summed E-state index contributed by atoms with van der Waals surface area (Å²) in [4.78, 5) is 22.0. The molecular weight excluding hydrogens is 337 g/mol. The number of pyridine rings is 1. The van der Waals surface area contributed by atoms with Crippen LogP contribution in [-0.2, 0) is 0 Å². The van der Waals surface area contributed by atoms with Crippen molar-refractivity contribution in [1.82, 2.24) is 9.97 Å². The van der Waals surface area contributed by atoms with Crippen molar-refractivity contribution in [2.75, 3.05) is 5.32 Å². The number of carbonyl (C=O) groups excluding carboxylic acids is 1. The Hall–Kier alpha value is -3.12. The molecule has 1 N–H and O–H groups in total. The zero-order valence-electron chi connectivity index (χ0n) is 12.9. The predicted molar refractivity (Wildman–Crippen MR) is 97.2 cm³/mol. The van der Waals surface area contributed by atoms with Crippen LogP contribution in [-0.4, -0.2) is 15.9 Å². The van der Waals surface area contributed by atoms with Crippen LogP contribution >= 0.6 is 11.3 Å². The third-order valence-electron chi connectivity index (χ3n) is 3.64. The summed E-state index contributed by atoms with van der Waals surface area (Å²) in [5, 5.41) is 3.66. The third kappa shape index (κ3) is 3.25. The number of benzene rings is 2. The molecule has 0 bridgehead atoms. The molecular formula is C19H12FN3OS. The molecule has 2 aromatic heterocycles. The van der Waals surface area contributed by atoms with Crippen LogP contribution in [0.5, 0.6) is 0 Å². The SMILES string of the molecule is O=C(Nc1cccc(-c2nc3cccnc3s2)c1)c1ccc(F)cc1. The monoisotopic (exact) mass is 349 g/mol. The van der Waals surface area contributed by atoms with E-state index in [4.69, 9.17) is 0 Å². The molecule has 0 aliphatic heterocycles. The van der Waals surface area contributed by atoms with Crippen LogP contribution in [0.1, 0.15) is 10.4 Å². The van der Waals surface area contributed by atoms with E-state index in [0.717, 1.165) is 20.9 Å². The predicted octanol–water partition coefficient (Wildman–Crippen LogP) is 4.75. The minimum Gasteiger partial charge on any atom is -0.322 e. The number of rotatable bonds is 3. The molecule has 25 heavy (non-hydrogen) atoms. The minimum absolute atomic E-state index is 0.289. The van der Waals surface area contributed by atoms with Gasteiger partial charge >= 0.3 is 0 Å². The van der Waals surface area contributed by atoms with Gasteiger partial charge < -0.3 is 5.32 Å². The molecule has 122 valence electrons. The first kappa shape index (κ1) is 15.4. The first-order valence-electron chi connectivity index (χ1n) is 7.58. The van der Waals surface area contributed by atoms with E-state index in [-0.39, 0.29) is 11.7 Å². The zero-order valence-corrected chi connectivity index (χ0v) is 13.8. The second-order valence-electron chi connectivity index (χ2n) is 5.39. The van der Waals surface area contributed by atoms with Gasteiger partial charge in [0, 0.05) is 23.0 Å². The quantitative estimate of drug-likeness (QED) is 0.581. The topological polar surface area (TPSA) is 54.9 Å². The van der Waals surface area contributed by atoms with Gasteiger partial charge in [-0.1, -0.05) is 23.5 Å². The maximum Gasteiger partial charge on any atom is 0.255 e. The van der Waals surface area contributed by atoms with Crippen molar-refractivity contribution < 1.29 is 9.18 Å². The summed E-state index contributed by atoms with van der Waals surface area (Å²) in [6.07, 6.45) is 1.74. The molecule has 0 saturated carbocycles. The van der Waals surface area contributed by atoms with Crippen LogP contribution in [0.4, 0.5) is 10.1 Å². The number of amides is 1. The molecule has 0 aliphatic carbocycles. The van der Waals surface area contributed by atoms with Gasteiger partial charge in [0.1, 0.15) is 21.2 Å². The van der Waals surface area contributed by atoms with Crippen molar-refractivity contribution in [2.45, 2.75) is 0 Å². The Balaban J connectivity index is 1.60. The van der Waals surface area contributed by atoms with Crippen LogP contribution in [0, 0.1) is 5.82 Å². The molecule has 0 unspecified atom stereocenters. The van der Waals surface area contributed by atoms with Gasteiger partial charge in [-0.25, -0.2) is 14.4 Å². The number of aromatic nitrogens is 2. The van der Waals surface area contributed by atoms with Gasteiger partial charge in [-0.15, -0.1) is 0 Å². The van der Waals surface area contributed by atoms with E-state index in [9.17, 15) is 9.18 Å². The molecule has 2 heterocycles. The first-order valence-corrected chi connectivity index (χ1v) is 8.39. The largest absolute Gasteiger partial charge is 0.322 e. The lowest BCUT2D eigenvalue weighted by Gasteiger charge is -2.06. The summed E-state index contributed by atoms with van der Waals surface area (Å²) in [6, 6.07) is 16.7. The number of hydrogen-bond acceptors (Lipinski definition) is 4. The standard InChI is InChI=1S/C19H12FN3OS/c20-14-8-6-12(7-9-14)17(24)22-15-4-1-3-13(11-15)18-23-16-5-2-10-21-19(16)25-18/h1-11H,(H,22,24). The third-order valence-corrected chi connectivity index (χ3v) is 4.67. The van der Waals surface area contributed by atoms with E-state index in [1.807, 2.05) is 30.3 Å².